The molecule has 0 amide bonds. The van der Waals surface area contributed by atoms with Crippen molar-refractivity contribution in [2.75, 3.05) is 0 Å². The first-order chi connectivity index (χ1) is 5.69. The molecule has 0 aromatic heterocycles. The van der Waals surface area contributed by atoms with E-state index in [4.69, 9.17) is 4.74 Å². The van der Waals surface area contributed by atoms with Gasteiger partial charge >= 0.3 is 0 Å². The number of carbonyl (C=O) groups is 1. The molecule has 2 heteroatoms. The second-order valence-electron chi connectivity index (χ2n) is 3.65. The van der Waals surface area contributed by atoms with Gasteiger partial charge in [0.05, 0.1) is 0 Å². The van der Waals surface area contributed by atoms with Gasteiger partial charge in [-0.15, -0.1) is 0 Å². The lowest BCUT2D eigenvalue weighted by Gasteiger charge is -2.11. The number of ether oxygens (including phenoxy) is 1. The van der Waals surface area contributed by atoms with Gasteiger partial charge in [-0.2, -0.15) is 0 Å². The zero-order chi connectivity index (χ0) is 8.77. The van der Waals surface area contributed by atoms with Crippen LogP contribution >= 0.6 is 0 Å². The molecule has 0 aromatic rings. The van der Waals surface area contributed by atoms with Gasteiger partial charge in [0.2, 0.25) is 0 Å². The predicted octanol–water partition coefficient (Wildman–Crippen LogP) is 1.48. The van der Waals surface area contributed by atoms with Gasteiger partial charge in [-0.3, -0.25) is 4.79 Å². The zero-order valence-corrected chi connectivity index (χ0v) is 7.28. The normalized spacial score (nSPS) is 37.6. The molecular weight excluding hydrogens is 152 g/mol. The van der Waals surface area contributed by atoms with Crippen LogP contribution in [0.4, 0.5) is 0 Å². The van der Waals surface area contributed by atoms with Crippen LogP contribution in [0.15, 0.2) is 23.8 Å². The van der Waals surface area contributed by atoms with Gasteiger partial charge in [0.25, 0.3) is 0 Å². The van der Waals surface area contributed by atoms with Crippen LogP contribution in [0.25, 0.3) is 0 Å². The Bertz CT molecular complexity index is 276. The Morgan fingerprint density at radius 3 is 3.00 bits per heavy atom. The fourth-order valence-corrected chi connectivity index (χ4v) is 1.65. The number of aldehydes is 1. The highest BCUT2D eigenvalue weighted by atomic mass is 16.6. The standard InChI is InChI=1S/C10H12O2/c1-7(2)8-4-3-5-10(6-11)9(8)12-10/h3-7,9H,1-2H3. The highest BCUT2D eigenvalue weighted by Gasteiger charge is 2.57. The van der Waals surface area contributed by atoms with Crippen LogP contribution in [-0.4, -0.2) is 18.0 Å². The van der Waals surface area contributed by atoms with Crippen molar-refractivity contribution in [1.29, 1.82) is 0 Å². The van der Waals surface area contributed by atoms with Gasteiger partial charge in [0.15, 0.2) is 11.9 Å². The number of rotatable bonds is 2. The van der Waals surface area contributed by atoms with E-state index < -0.39 is 5.60 Å². The third kappa shape index (κ3) is 0.879. The van der Waals surface area contributed by atoms with Crippen molar-refractivity contribution in [2.45, 2.75) is 25.6 Å². The van der Waals surface area contributed by atoms with Crippen molar-refractivity contribution in [3.8, 4) is 0 Å². The molecule has 0 N–H and O–H groups in total. The Morgan fingerprint density at radius 2 is 2.42 bits per heavy atom. The van der Waals surface area contributed by atoms with E-state index in [9.17, 15) is 4.79 Å². The van der Waals surface area contributed by atoms with Gasteiger partial charge in [0, 0.05) is 0 Å². The molecule has 0 aromatic carbocycles. The highest BCUT2D eigenvalue weighted by molar-refractivity contribution is 5.74. The summed E-state index contributed by atoms with van der Waals surface area (Å²) in [6.07, 6.45) is 6.71. The summed E-state index contributed by atoms with van der Waals surface area (Å²) in [7, 11) is 0. The molecule has 0 radical (unpaired) electrons. The molecule has 2 rings (SSSR count). The Hall–Kier alpha value is -0.890. The quantitative estimate of drug-likeness (QED) is 0.457. The minimum absolute atomic E-state index is 0.0278. The second-order valence-corrected chi connectivity index (χ2v) is 3.65. The molecule has 2 nitrogen and oxygen atoms in total. The van der Waals surface area contributed by atoms with E-state index in [1.54, 1.807) is 0 Å². The van der Waals surface area contributed by atoms with E-state index in [1.165, 1.54) is 5.57 Å². The topological polar surface area (TPSA) is 29.6 Å². The van der Waals surface area contributed by atoms with Crippen LogP contribution < -0.4 is 0 Å². The molecule has 64 valence electrons. The van der Waals surface area contributed by atoms with Gasteiger partial charge in [0.1, 0.15) is 6.10 Å². The van der Waals surface area contributed by atoms with Gasteiger partial charge in [-0.25, -0.2) is 0 Å². The van der Waals surface area contributed by atoms with Gasteiger partial charge < -0.3 is 4.74 Å². The highest BCUT2D eigenvalue weighted by Crippen LogP contribution is 2.45. The number of hydrogen-bond donors (Lipinski definition) is 0. The number of allylic oxidation sites excluding steroid dienone is 2. The van der Waals surface area contributed by atoms with E-state index >= 15 is 0 Å². The number of carbonyl (C=O) groups excluding carboxylic acids is 1. The van der Waals surface area contributed by atoms with Crippen molar-refractivity contribution in [3.63, 3.8) is 0 Å². The first-order valence-corrected chi connectivity index (χ1v) is 4.23. The van der Waals surface area contributed by atoms with E-state index in [0.717, 1.165) is 6.29 Å². The lowest BCUT2D eigenvalue weighted by Crippen LogP contribution is -2.19. The van der Waals surface area contributed by atoms with E-state index in [2.05, 4.69) is 13.8 Å². The molecule has 0 bridgehead atoms. The monoisotopic (exact) mass is 164 g/mol. The smallest absolute Gasteiger partial charge is 0.172 e. The largest absolute Gasteiger partial charge is 0.349 e. The maximum Gasteiger partial charge on any atom is 0.172 e. The summed E-state index contributed by atoms with van der Waals surface area (Å²) in [4.78, 5) is 10.7. The SMILES string of the molecule is CC(C)C1=CC=CC2(C=O)OC12. The van der Waals surface area contributed by atoms with Gasteiger partial charge in [-0.1, -0.05) is 26.0 Å². The molecule has 12 heavy (non-hydrogen) atoms. The molecule has 1 heterocycles. The molecule has 1 aliphatic carbocycles. The fourth-order valence-electron chi connectivity index (χ4n) is 1.65. The summed E-state index contributed by atoms with van der Waals surface area (Å²) in [5.41, 5.74) is 0.638. The molecule has 2 atom stereocenters. The Kier molecular flexibility index (Phi) is 1.48. The van der Waals surface area contributed by atoms with Gasteiger partial charge in [-0.05, 0) is 17.6 Å². The molecule has 1 saturated heterocycles. The maximum atomic E-state index is 10.7. The number of epoxide rings is 1. The molecule has 1 fully saturated rings. The van der Waals surface area contributed by atoms with Crippen LogP contribution in [0.3, 0.4) is 0 Å². The molecule has 2 unspecified atom stereocenters. The summed E-state index contributed by atoms with van der Waals surface area (Å²) >= 11 is 0. The fraction of sp³-hybridized carbons (Fsp3) is 0.500. The Morgan fingerprint density at radius 1 is 1.67 bits per heavy atom. The number of fused-ring (bicyclic) bond motifs is 1. The van der Waals surface area contributed by atoms with E-state index in [-0.39, 0.29) is 6.10 Å². The second kappa shape index (κ2) is 2.30. The molecule has 2 aliphatic rings. The summed E-state index contributed by atoms with van der Waals surface area (Å²) in [5, 5.41) is 0. The third-order valence-corrected chi connectivity index (χ3v) is 2.47. The summed E-state index contributed by atoms with van der Waals surface area (Å²) in [6.45, 7) is 4.23. The van der Waals surface area contributed by atoms with Crippen LogP contribution in [0.1, 0.15) is 13.8 Å². The first kappa shape index (κ1) is 7.74. The minimum atomic E-state index is -0.589. The predicted molar refractivity (Wildman–Crippen MR) is 45.7 cm³/mol. The molecule has 0 spiro atoms. The maximum absolute atomic E-state index is 10.7. The summed E-state index contributed by atoms with van der Waals surface area (Å²) in [5.74, 6) is 0.460. The van der Waals surface area contributed by atoms with Crippen molar-refractivity contribution >= 4 is 6.29 Å². The molecule has 0 saturated carbocycles. The molecular formula is C10H12O2. The lowest BCUT2D eigenvalue weighted by atomic mass is 9.89. The average Bonchev–Trinajstić information content (AvgIpc) is 2.78. The van der Waals surface area contributed by atoms with Crippen molar-refractivity contribution in [1.82, 2.24) is 0 Å². The molecule has 1 aliphatic heterocycles. The third-order valence-electron chi connectivity index (χ3n) is 2.47. The minimum Gasteiger partial charge on any atom is -0.349 e. The zero-order valence-electron chi connectivity index (χ0n) is 7.28. The lowest BCUT2D eigenvalue weighted by molar-refractivity contribution is -0.110. The summed E-state index contributed by atoms with van der Waals surface area (Å²) in [6, 6.07) is 0. The Labute approximate surface area is 71.9 Å². The van der Waals surface area contributed by atoms with Crippen molar-refractivity contribution in [2.24, 2.45) is 5.92 Å². The van der Waals surface area contributed by atoms with Crippen LogP contribution in [0.5, 0.6) is 0 Å². The first-order valence-electron chi connectivity index (χ1n) is 4.23. The van der Waals surface area contributed by atoms with Crippen LogP contribution in [0.2, 0.25) is 0 Å². The van der Waals surface area contributed by atoms with Crippen molar-refractivity contribution < 1.29 is 9.53 Å². The van der Waals surface area contributed by atoms with E-state index in [1.807, 2.05) is 18.2 Å². The van der Waals surface area contributed by atoms with Crippen molar-refractivity contribution in [3.05, 3.63) is 23.8 Å². The van der Waals surface area contributed by atoms with Crippen LogP contribution in [0, 0.1) is 5.92 Å². The number of hydrogen-bond acceptors (Lipinski definition) is 2. The average molecular weight is 164 g/mol. The Balaban J connectivity index is 2.26. The van der Waals surface area contributed by atoms with E-state index in [0.29, 0.717) is 5.92 Å². The summed E-state index contributed by atoms with van der Waals surface area (Å²) < 4.78 is 5.37. The van der Waals surface area contributed by atoms with Crippen LogP contribution in [-0.2, 0) is 9.53 Å².